The van der Waals surface area contributed by atoms with Crippen LogP contribution in [-0.2, 0) is 11.3 Å². The molecule has 1 aliphatic rings. The highest BCUT2D eigenvalue weighted by molar-refractivity contribution is 5.98. The first-order valence-electron chi connectivity index (χ1n) is 6.23. The lowest BCUT2D eigenvalue weighted by Gasteiger charge is -2.17. The van der Waals surface area contributed by atoms with Crippen LogP contribution in [0.4, 0.5) is 5.69 Å². The van der Waals surface area contributed by atoms with Gasteiger partial charge in [0.25, 0.3) is 5.91 Å². The number of nitrogen functional groups attached to an aromatic ring is 1. The molecule has 0 bridgehead atoms. The Morgan fingerprint density at radius 2 is 2.33 bits per heavy atom. The van der Waals surface area contributed by atoms with Gasteiger partial charge in [-0.15, -0.1) is 0 Å². The lowest BCUT2D eigenvalue weighted by molar-refractivity contribution is 0.0714. The van der Waals surface area contributed by atoms with Crippen LogP contribution < -0.4 is 5.73 Å². The number of aromatic nitrogens is 2. The van der Waals surface area contributed by atoms with Gasteiger partial charge in [0.05, 0.1) is 17.5 Å². The van der Waals surface area contributed by atoms with Crippen LogP contribution in [0.1, 0.15) is 29.5 Å². The normalized spacial score (nSPS) is 19.5. The summed E-state index contributed by atoms with van der Waals surface area (Å²) in [5.41, 5.74) is 7.66. The lowest BCUT2D eigenvalue weighted by atomic mass is 10.2. The zero-order valence-corrected chi connectivity index (χ0v) is 11.1. The van der Waals surface area contributed by atoms with Crippen molar-refractivity contribution >= 4 is 11.6 Å². The molecule has 18 heavy (non-hydrogen) atoms. The number of nitrogens with two attached hydrogens (primary N) is 1. The predicted molar refractivity (Wildman–Crippen MR) is 68.4 cm³/mol. The standard InChI is InChI=1S/C12H20N4O2/c1-4-16-11(10(13)8(2)14-16)12(17)15-6-5-9(7-15)18-3/h9H,4-7,13H2,1-3H3. The number of amides is 1. The molecule has 6 heteroatoms. The van der Waals surface area contributed by atoms with Gasteiger partial charge in [-0.3, -0.25) is 9.48 Å². The van der Waals surface area contributed by atoms with E-state index >= 15 is 0 Å². The molecule has 1 unspecified atom stereocenters. The highest BCUT2D eigenvalue weighted by Gasteiger charge is 2.30. The van der Waals surface area contributed by atoms with Crippen molar-refractivity contribution in [3.63, 3.8) is 0 Å². The minimum Gasteiger partial charge on any atom is -0.395 e. The third-order valence-corrected chi connectivity index (χ3v) is 3.44. The molecule has 0 spiro atoms. The number of hydrogen-bond acceptors (Lipinski definition) is 4. The van der Waals surface area contributed by atoms with E-state index < -0.39 is 0 Å². The van der Waals surface area contributed by atoms with E-state index in [4.69, 9.17) is 10.5 Å². The van der Waals surface area contributed by atoms with E-state index in [9.17, 15) is 4.79 Å². The van der Waals surface area contributed by atoms with Gasteiger partial charge < -0.3 is 15.4 Å². The molecule has 2 heterocycles. The SMILES string of the molecule is CCn1nc(C)c(N)c1C(=O)N1CCC(OC)C1. The quantitative estimate of drug-likeness (QED) is 0.857. The molecule has 1 fully saturated rings. The van der Waals surface area contributed by atoms with Crippen LogP contribution in [0.5, 0.6) is 0 Å². The van der Waals surface area contributed by atoms with Crippen LogP contribution in [0, 0.1) is 6.92 Å². The van der Waals surface area contributed by atoms with E-state index in [1.165, 1.54) is 0 Å². The zero-order chi connectivity index (χ0) is 13.3. The topological polar surface area (TPSA) is 73.4 Å². The summed E-state index contributed by atoms with van der Waals surface area (Å²) in [6, 6.07) is 0. The maximum atomic E-state index is 12.5. The summed E-state index contributed by atoms with van der Waals surface area (Å²) in [6.45, 7) is 5.75. The van der Waals surface area contributed by atoms with Crippen molar-refractivity contribution in [1.29, 1.82) is 0 Å². The van der Waals surface area contributed by atoms with E-state index in [1.54, 1.807) is 16.7 Å². The van der Waals surface area contributed by atoms with E-state index in [1.807, 2.05) is 13.8 Å². The van der Waals surface area contributed by atoms with E-state index in [2.05, 4.69) is 5.10 Å². The number of anilines is 1. The molecule has 2 N–H and O–H groups in total. The average Bonchev–Trinajstić information content (AvgIpc) is 2.95. The monoisotopic (exact) mass is 252 g/mol. The van der Waals surface area contributed by atoms with Gasteiger partial charge in [0.1, 0.15) is 5.69 Å². The largest absolute Gasteiger partial charge is 0.395 e. The van der Waals surface area contributed by atoms with Crippen LogP contribution in [-0.4, -0.2) is 46.9 Å². The molecule has 1 aliphatic heterocycles. The summed E-state index contributed by atoms with van der Waals surface area (Å²) in [5.74, 6) is -0.0468. The minimum absolute atomic E-state index is 0.0468. The Kier molecular flexibility index (Phi) is 3.56. The Bertz CT molecular complexity index is 455. The van der Waals surface area contributed by atoms with Gasteiger partial charge >= 0.3 is 0 Å². The van der Waals surface area contributed by atoms with Crippen molar-refractivity contribution in [2.75, 3.05) is 25.9 Å². The third kappa shape index (κ3) is 2.08. The summed E-state index contributed by atoms with van der Waals surface area (Å²) < 4.78 is 6.95. The number of nitrogens with zero attached hydrogens (tertiary/aromatic N) is 3. The Morgan fingerprint density at radius 1 is 1.61 bits per heavy atom. The van der Waals surface area contributed by atoms with E-state index in [0.717, 1.165) is 6.42 Å². The summed E-state index contributed by atoms with van der Waals surface area (Å²) in [4.78, 5) is 14.2. The molecule has 100 valence electrons. The summed E-state index contributed by atoms with van der Waals surface area (Å²) >= 11 is 0. The number of hydrogen-bond donors (Lipinski definition) is 1. The molecular weight excluding hydrogens is 232 g/mol. The summed E-state index contributed by atoms with van der Waals surface area (Å²) in [6.07, 6.45) is 1.01. The summed E-state index contributed by atoms with van der Waals surface area (Å²) in [7, 11) is 1.67. The van der Waals surface area contributed by atoms with Crippen molar-refractivity contribution < 1.29 is 9.53 Å². The molecule has 1 aromatic rings. The van der Waals surface area contributed by atoms with Crippen LogP contribution in [0.2, 0.25) is 0 Å². The number of carbonyl (C=O) groups excluding carboxylic acids is 1. The van der Waals surface area contributed by atoms with Crippen molar-refractivity contribution in [1.82, 2.24) is 14.7 Å². The fraction of sp³-hybridized carbons (Fsp3) is 0.667. The van der Waals surface area contributed by atoms with Crippen LogP contribution in [0.25, 0.3) is 0 Å². The van der Waals surface area contributed by atoms with E-state index in [-0.39, 0.29) is 12.0 Å². The molecule has 6 nitrogen and oxygen atoms in total. The van der Waals surface area contributed by atoms with Crippen molar-refractivity contribution in [3.8, 4) is 0 Å². The van der Waals surface area contributed by atoms with Crippen LogP contribution >= 0.6 is 0 Å². The van der Waals surface area contributed by atoms with Crippen LogP contribution in [0.3, 0.4) is 0 Å². The Morgan fingerprint density at radius 3 is 2.89 bits per heavy atom. The number of likely N-dealkylation sites (tertiary alicyclic amines) is 1. The van der Waals surface area contributed by atoms with Gasteiger partial charge in [0.2, 0.25) is 0 Å². The lowest BCUT2D eigenvalue weighted by Crippen LogP contribution is -2.32. The predicted octanol–water partition coefficient (Wildman–Crippen LogP) is 0.655. The minimum atomic E-state index is -0.0468. The first-order chi connectivity index (χ1) is 8.58. The van der Waals surface area contributed by atoms with Gasteiger partial charge in [0.15, 0.2) is 0 Å². The molecule has 1 aromatic heterocycles. The second-order valence-corrected chi connectivity index (χ2v) is 4.56. The maximum absolute atomic E-state index is 12.5. The maximum Gasteiger partial charge on any atom is 0.274 e. The second-order valence-electron chi connectivity index (χ2n) is 4.56. The molecular formula is C12H20N4O2. The van der Waals surface area contributed by atoms with Crippen molar-refractivity contribution in [3.05, 3.63) is 11.4 Å². The first-order valence-corrected chi connectivity index (χ1v) is 6.23. The van der Waals surface area contributed by atoms with Crippen LogP contribution in [0.15, 0.2) is 0 Å². The van der Waals surface area contributed by atoms with Gasteiger partial charge in [-0.25, -0.2) is 0 Å². The number of ether oxygens (including phenoxy) is 1. The Balaban J connectivity index is 2.24. The highest BCUT2D eigenvalue weighted by Crippen LogP contribution is 2.21. The molecule has 2 rings (SSSR count). The number of methoxy groups -OCH3 is 1. The van der Waals surface area contributed by atoms with E-state index in [0.29, 0.717) is 36.7 Å². The smallest absolute Gasteiger partial charge is 0.274 e. The molecule has 0 aromatic carbocycles. The molecule has 0 aliphatic carbocycles. The molecule has 1 saturated heterocycles. The van der Waals surface area contributed by atoms with Gasteiger partial charge in [-0.05, 0) is 20.3 Å². The van der Waals surface area contributed by atoms with Crippen molar-refractivity contribution in [2.45, 2.75) is 32.9 Å². The third-order valence-electron chi connectivity index (χ3n) is 3.44. The fourth-order valence-electron chi connectivity index (χ4n) is 2.30. The number of rotatable bonds is 3. The Labute approximate surface area is 107 Å². The fourth-order valence-corrected chi connectivity index (χ4v) is 2.30. The zero-order valence-electron chi connectivity index (χ0n) is 11.1. The average molecular weight is 252 g/mol. The van der Waals surface area contributed by atoms with Gasteiger partial charge in [-0.1, -0.05) is 0 Å². The van der Waals surface area contributed by atoms with Gasteiger partial charge in [0, 0.05) is 26.7 Å². The summed E-state index contributed by atoms with van der Waals surface area (Å²) in [5, 5.41) is 4.27. The molecule has 1 atom stereocenters. The molecule has 0 saturated carbocycles. The number of carbonyl (C=O) groups is 1. The van der Waals surface area contributed by atoms with Crippen molar-refractivity contribution in [2.24, 2.45) is 0 Å². The first kappa shape index (κ1) is 12.9. The molecule has 0 radical (unpaired) electrons. The van der Waals surface area contributed by atoms with Gasteiger partial charge in [-0.2, -0.15) is 5.10 Å². The Hall–Kier alpha value is -1.56. The highest BCUT2D eigenvalue weighted by atomic mass is 16.5. The second kappa shape index (κ2) is 4.97. The number of aryl methyl sites for hydroxylation is 2. The molecule has 1 amide bonds.